The number of phenolic OH excluding ortho intramolecular Hbond substituents is 1. The Bertz CT molecular complexity index is 948. The number of carbonyl (C=O) groups is 1. The predicted octanol–water partition coefficient (Wildman–Crippen LogP) is 5.23. The molecule has 28 heavy (non-hydrogen) atoms. The Morgan fingerprint density at radius 1 is 1.11 bits per heavy atom. The molecular weight excluding hydrogens is 423 g/mol. The number of rotatable bonds is 9. The minimum Gasteiger partial charge on any atom is -0.505 e. The average Bonchev–Trinajstić information content (AvgIpc) is 2.66. The maximum atomic E-state index is 12.2. The molecule has 0 aliphatic rings. The van der Waals surface area contributed by atoms with Gasteiger partial charge in [0.25, 0.3) is 0 Å². The Morgan fingerprint density at radius 2 is 1.75 bits per heavy atom. The van der Waals surface area contributed by atoms with Gasteiger partial charge in [0.2, 0.25) is 0 Å². The van der Waals surface area contributed by atoms with Gasteiger partial charge in [-0.15, -0.1) is 0 Å². The maximum Gasteiger partial charge on any atom is 0.178 e. The van der Waals surface area contributed by atoms with Crippen molar-refractivity contribution in [1.82, 2.24) is 0 Å². The van der Waals surface area contributed by atoms with Crippen molar-refractivity contribution in [1.29, 1.82) is 0 Å². The summed E-state index contributed by atoms with van der Waals surface area (Å²) in [4.78, 5) is 12.5. The zero-order valence-electron chi connectivity index (χ0n) is 15.7. The van der Waals surface area contributed by atoms with Crippen LogP contribution in [0.5, 0.6) is 11.5 Å². The molecular formula is C20H22Cl2O5S. The number of hydrogen-bond acceptors (Lipinski definition) is 5. The third kappa shape index (κ3) is 5.63. The summed E-state index contributed by atoms with van der Waals surface area (Å²) in [7, 11) is -3.24. The number of hydrogen-bond donors (Lipinski definition) is 1. The van der Waals surface area contributed by atoms with Gasteiger partial charge in [-0.2, -0.15) is 0 Å². The standard InChI is InChI=1S/C20H22Cl2O5S/c1-3-28(25,26)15-7-8-19(13(2)10-15)27-9-5-4-6-18(23)14-11-16(21)20(24)17(22)12-14/h7-8,10-12,24H,3-6,9H2,1-2H3. The van der Waals surface area contributed by atoms with Crippen molar-refractivity contribution in [3.05, 3.63) is 51.5 Å². The molecule has 8 heteroatoms. The average molecular weight is 445 g/mol. The van der Waals surface area contributed by atoms with Crippen molar-refractivity contribution in [3.8, 4) is 11.5 Å². The van der Waals surface area contributed by atoms with E-state index in [0.717, 1.165) is 5.56 Å². The highest BCUT2D eigenvalue weighted by molar-refractivity contribution is 7.91. The second kappa shape index (κ2) is 9.63. The second-order valence-electron chi connectivity index (χ2n) is 6.35. The summed E-state index contributed by atoms with van der Waals surface area (Å²) in [6.07, 6.45) is 1.56. The molecule has 0 saturated heterocycles. The number of aryl methyl sites for hydroxylation is 1. The van der Waals surface area contributed by atoms with Gasteiger partial charge in [0.05, 0.1) is 27.3 Å². The van der Waals surface area contributed by atoms with Crippen LogP contribution in [0.2, 0.25) is 10.0 Å². The van der Waals surface area contributed by atoms with Gasteiger partial charge in [-0.25, -0.2) is 8.42 Å². The fourth-order valence-electron chi connectivity index (χ4n) is 2.58. The smallest absolute Gasteiger partial charge is 0.178 e. The fraction of sp³-hybridized carbons (Fsp3) is 0.350. The number of phenols is 1. The number of halogens is 2. The first-order chi connectivity index (χ1) is 13.2. The number of carbonyl (C=O) groups excluding carboxylic acids is 1. The minimum absolute atomic E-state index is 0.0446. The molecule has 0 heterocycles. The van der Waals surface area contributed by atoms with Crippen LogP contribution in [-0.2, 0) is 9.84 Å². The lowest BCUT2D eigenvalue weighted by Gasteiger charge is -2.11. The Morgan fingerprint density at radius 3 is 2.32 bits per heavy atom. The molecule has 0 bridgehead atoms. The van der Waals surface area contributed by atoms with Crippen LogP contribution in [-0.4, -0.2) is 31.7 Å². The van der Waals surface area contributed by atoms with Crippen LogP contribution in [0, 0.1) is 6.92 Å². The third-order valence-corrected chi connectivity index (χ3v) is 6.59. The third-order valence-electron chi connectivity index (χ3n) is 4.28. The number of unbranched alkanes of at least 4 members (excludes halogenated alkanes) is 1. The van der Waals surface area contributed by atoms with E-state index >= 15 is 0 Å². The van der Waals surface area contributed by atoms with Crippen LogP contribution in [0.15, 0.2) is 35.2 Å². The number of ketones is 1. The van der Waals surface area contributed by atoms with Crippen LogP contribution in [0.1, 0.15) is 42.1 Å². The van der Waals surface area contributed by atoms with Crippen molar-refractivity contribution < 1.29 is 23.1 Å². The Hall–Kier alpha value is -1.76. The fourth-order valence-corrected chi connectivity index (χ4v) is 4.04. The second-order valence-corrected chi connectivity index (χ2v) is 9.44. The summed E-state index contributed by atoms with van der Waals surface area (Å²) in [5, 5.41) is 9.63. The molecule has 152 valence electrons. The number of ether oxygens (including phenoxy) is 1. The Labute approximate surface area is 175 Å². The number of sulfone groups is 1. The van der Waals surface area contributed by atoms with Crippen LogP contribution in [0.4, 0.5) is 0 Å². The van der Waals surface area contributed by atoms with Gasteiger partial charge >= 0.3 is 0 Å². The van der Waals surface area contributed by atoms with Gasteiger partial charge in [-0.05, 0) is 55.7 Å². The van der Waals surface area contributed by atoms with E-state index in [1.807, 2.05) is 0 Å². The SMILES string of the molecule is CCS(=O)(=O)c1ccc(OCCCCC(=O)c2cc(Cl)c(O)c(Cl)c2)c(C)c1. The van der Waals surface area contributed by atoms with E-state index in [-0.39, 0.29) is 32.2 Å². The predicted molar refractivity (Wildman–Crippen MR) is 111 cm³/mol. The lowest BCUT2D eigenvalue weighted by atomic mass is 10.1. The van der Waals surface area contributed by atoms with E-state index in [2.05, 4.69) is 0 Å². The zero-order chi connectivity index (χ0) is 20.9. The van der Waals surface area contributed by atoms with Crippen LogP contribution >= 0.6 is 23.2 Å². The number of aromatic hydroxyl groups is 1. The molecule has 0 amide bonds. The monoisotopic (exact) mass is 444 g/mol. The summed E-state index contributed by atoms with van der Waals surface area (Å²) in [6.45, 7) is 3.81. The first-order valence-electron chi connectivity index (χ1n) is 8.83. The van der Waals surface area contributed by atoms with Gasteiger partial charge in [0.1, 0.15) is 5.75 Å². The van der Waals surface area contributed by atoms with Crippen molar-refractivity contribution in [2.75, 3.05) is 12.4 Å². The van der Waals surface area contributed by atoms with E-state index in [1.54, 1.807) is 32.0 Å². The van der Waals surface area contributed by atoms with E-state index < -0.39 is 9.84 Å². The number of Topliss-reactive ketones (excluding diaryl/α,β-unsaturated/α-hetero) is 1. The van der Waals surface area contributed by atoms with Gasteiger partial charge in [-0.3, -0.25) is 4.79 Å². The number of benzene rings is 2. The Kier molecular flexibility index (Phi) is 7.75. The molecule has 2 rings (SSSR count). The van der Waals surface area contributed by atoms with Gasteiger partial charge < -0.3 is 9.84 Å². The van der Waals surface area contributed by atoms with E-state index in [4.69, 9.17) is 27.9 Å². The van der Waals surface area contributed by atoms with Crippen molar-refractivity contribution in [3.63, 3.8) is 0 Å². The van der Waals surface area contributed by atoms with Crippen LogP contribution < -0.4 is 4.74 Å². The molecule has 0 unspecified atom stereocenters. The molecule has 0 aromatic heterocycles. The topological polar surface area (TPSA) is 80.7 Å². The van der Waals surface area contributed by atoms with Crippen LogP contribution in [0.25, 0.3) is 0 Å². The normalized spacial score (nSPS) is 11.4. The van der Waals surface area contributed by atoms with Gasteiger partial charge in [0, 0.05) is 12.0 Å². The molecule has 2 aromatic rings. The summed E-state index contributed by atoms with van der Waals surface area (Å²) >= 11 is 11.7. The van der Waals surface area contributed by atoms with Crippen molar-refractivity contribution in [2.24, 2.45) is 0 Å². The molecule has 0 atom stereocenters. The summed E-state index contributed by atoms with van der Waals surface area (Å²) in [5.74, 6) is 0.326. The minimum atomic E-state index is -3.24. The highest BCUT2D eigenvalue weighted by Gasteiger charge is 2.14. The molecule has 0 fully saturated rings. The first-order valence-corrected chi connectivity index (χ1v) is 11.2. The highest BCUT2D eigenvalue weighted by atomic mass is 35.5. The van der Waals surface area contributed by atoms with Crippen molar-refractivity contribution >= 4 is 38.8 Å². The highest BCUT2D eigenvalue weighted by Crippen LogP contribution is 2.33. The molecule has 2 aromatic carbocycles. The lowest BCUT2D eigenvalue weighted by molar-refractivity contribution is 0.0977. The summed E-state index contributed by atoms with van der Waals surface area (Å²) < 4.78 is 29.5. The molecule has 5 nitrogen and oxygen atoms in total. The zero-order valence-corrected chi connectivity index (χ0v) is 18.0. The summed E-state index contributed by atoms with van der Waals surface area (Å²) in [6, 6.07) is 7.61. The molecule has 0 aliphatic heterocycles. The Balaban J connectivity index is 1.84. The van der Waals surface area contributed by atoms with Gasteiger partial charge in [0.15, 0.2) is 21.4 Å². The van der Waals surface area contributed by atoms with E-state index in [1.165, 1.54) is 12.1 Å². The molecule has 1 N–H and O–H groups in total. The van der Waals surface area contributed by atoms with Gasteiger partial charge in [-0.1, -0.05) is 30.1 Å². The van der Waals surface area contributed by atoms with Crippen molar-refractivity contribution in [2.45, 2.75) is 38.0 Å². The first kappa shape index (κ1) is 22.5. The van der Waals surface area contributed by atoms with Crippen LogP contribution in [0.3, 0.4) is 0 Å². The molecule has 0 saturated carbocycles. The lowest BCUT2D eigenvalue weighted by Crippen LogP contribution is -2.05. The quantitative estimate of drug-likeness (QED) is 0.422. The molecule has 0 radical (unpaired) electrons. The molecule has 0 aliphatic carbocycles. The summed E-state index contributed by atoms with van der Waals surface area (Å²) in [5.41, 5.74) is 1.11. The maximum absolute atomic E-state index is 12.2. The molecule has 0 spiro atoms. The van der Waals surface area contributed by atoms with E-state index in [9.17, 15) is 18.3 Å². The largest absolute Gasteiger partial charge is 0.505 e. The van der Waals surface area contributed by atoms with E-state index in [0.29, 0.717) is 37.2 Å².